The number of carbonyl (C=O) groups is 3. The van der Waals surface area contributed by atoms with Gasteiger partial charge in [0.25, 0.3) is 0 Å². The number of rotatable bonds is 7. The summed E-state index contributed by atoms with van der Waals surface area (Å²) in [7, 11) is 0. The fourth-order valence-electron chi connectivity index (χ4n) is 4.10. The van der Waals surface area contributed by atoms with E-state index in [9.17, 15) is 14.4 Å². The van der Waals surface area contributed by atoms with Crippen molar-refractivity contribution in [3.05, 3.63) is 35.9 Å². The van der Waals surface area contributed by atoms with Crippen molar-refractivity contribution in [2.24, 2.45) is 10.5 Å². The highest BCUT2D eigenvalue weighted by atomic mass is 16.5. The molecule has 1 atom stereocenters. The highest BCUT2D eigenvalue weighted by Crippen LogP contribution is 2.35. The number of benzene rings is 1. The summed E-state index contributed by atoms with van der Waals surface area (Å²) in [4.78, 5) is 38.8. The van der Waals surface area contributed by atoms with E-state index in [2.05, 4.69) is 10.5 Å². The summed E-state index contributed by atoms with van der Waals surface area (Å²) in [5.74, 6) is -0.289. The summed E-state index contributed by atoms with van der Waals surface area (Å²) < 4.78 is 5.41. The van der Waals surface area contributed by atoms with Crippen LogP contribution in [0.2, 0.25) is 0 Å². The quantitative estimate of drug-likeness (QED) is 0.714. The zero-order valence-corrected chi connectivity index (χ0v) is 17.0. The Bertz CT molecular complexity index is 778. The maximum absolute atomic E-state index is 12.9. The lowest BCUT2D eigenvalue weighted by Gasteiger charge is -2.41. The summed E-state index contributed by atoms with van der Waals surface area (Å²) in [5, 5.41) is 4.04. The first kappa shape index (κ1) is 21.0. The van der Waals surface area contributed by atoms with Gasteiger partial charge in [0.15, 0.2) is 0 Å². The zero-order valence-electron chi connectivity index (χ0n) is 17.0. The van der Waals surface area contributed by atoms with Crippen LogP contribution in [0.1, 0.15) is 51.0 Å². The SMILES string of the molecule is CCOC(=O)C1(Cc2ccccc2)CCCN(C(=O)CCC2=NNC(=O)CC2)C1. The first-order chi connectivity index (χ1) is 14.0. The smallest absolute Gasteiger partial charge is 0.314 e. The largest absolute Gasteiger partial charge is 0.466 e. The van der Waals surface area contributed by atoms with E-state index < -0.39 is 5.41 Å². The average Bonchev–Trinajstić information content (AvgIpc) is 2.74. The topological polar surface area (TPSA) is 88.1 Å². The van der Waals surface area contributed by atoms with Gasteiger partial charge in [0.05, 0.1) is 12.0 Å². The van der Waals surface area contributed by atoms with Gasteiger partial charge in [-0.05, 0) is 44.6 Å². The van der Waals surface area contributed by atoms with Gasteiger partial charge in [-0.1, -0.05) is 30.3 Å². The molecule has 156 valence electrons. The Balaban J connectivity index is 1.67. The Hall–Kier alpha value is -2.70. The van der Waals surface area contributed by atoms with Crippen molar-refractivity contribution in [2.45, 2.75) is 51.9 Å². The number of likely N-dealkylation sites (tertiary alicyclic amines) is 1. The fourth-order valence-corrected chi connectivity index (χ4v) is 4.10. The minimum atomic E-state index is -0.707. The number of amides is 2. The second-order valence-corrected chi connectivity index (χ2v) is 7.80. The fraction of sp³-hybridized carbons (Fsp3) is 0.545. The first-order valence-electron chi connectivity index (χ1n) is 10.4. The minimum absolute atomic E-state index is 0.0195. The van der Waals surface area contributed by atoms with Gasteiger partial charge in [-0.25, -0.2) is 5.43 Å². The van der Waals surface area contributed by atoms with Gasteiger partial charge in [-0.2, -0.15) is 5.10 Å². The van der Waals surface area contributed by atoms with Crippen LogP contribution in [-0.2, 0) is 25.5 Å². The Morgan fingerprint density at radius 3 is 2.72 bits per heavy atom. The molecule has 7 nitrogen and oxygen atoms in total. The van der Waals surface area contributed by atoms with Crippen LogP contribution in [0.25, 0.3) is 0 Å². The molecule has 0 radical (unpaired) electrons. The van der Waals surface area contributed by atoms with Crippen molar-refractivity contribution < 1.29 is 19.1 Å². The van der Waals surface area contributed by atoms with Crippen molar-refractivity contribution >= 4 is 23.5 Å². The molecule has 29 heavy (non-hydrogen) atoms. The predicted octanol–water partition coefficient (Wildman–Crippen LogP) is 2.45. The maximum Gasteiger partial charge on any atom is 0.314 e. The number of nitrogens with zero attached hydrogens (tertiary/aromatic N) is 2. The lowest BCUT2D eigenvalue weighted by atomic mass is 9.75. The number of hydrogen-bond donors (Lipinski definition) is 1. The number of nitrogens with one attached hydrogen (secondary N) is 1. The lowest BCUT2D eigenvalue weighted by molar-refractivity contribution is -0.160. The molecule has 0 saturated carbocycles. The van der Waals surface area contributed by atoms with Crippen molar-refractivity contribution in [1.29, 1.82) is 0 Å². The molecule has 0 aliphatic carbocycles. The molecule has 3 rings (SSSR count). The normalized spacial score (nSPS) is 21.9. The van der Waals surface area contributed by atoms with Crippen LogP contribution in [0, 0.1) is 5.41 Å². The van der Waals surface area contributed by atoms with Gasteiger partial charge < -0.3 is 9.64 Å². The van der Waals surface area contributed by atoms with E-state index in [1.807, 2.05) is 37.3 Å². The molecule has 1 aromatic rings. The molecule has 1 aromatic carbocycles. The Morgan fingerprint density at radius 2 is 2.03 bits per heavy atom. The second-order valence-electron chi connectivity index (χ2n) is 7.80. The standard InChI is InChI=1S/C22H29N3O4/c1-2-29-21(28)22(15-17-7-4-3-5-8-17)13-6-14-25(16-22)20(27)12-10-18-9-11-19(26)24-23-18/h3-5,7-8H,2,6,9-16H2,1H3,(H,24,26). The van der Waals surface area contributed by atoms with Gasteiger partial charge in [0.1, 0.15) is 0 Å². The van der Waals surface area contributed by atoms with E-state index in [-0.39, 0.29) is 17.8 Å². The molecular formula is C22H29N3O4. The molecule has 0 spiro atoms. The monoisotopic (exact) mass is 399 g/mol. The highest BCUT2D eigenvalue weighted by Gasteiger charge is 2.44. The Morgan fingerprint density at radius 1 is 1.24 bits per heavy atom. The Labute approximate surface area is 171 Å². The zero-order chi connectivity index (χ0) is 20.7. The maximum atomic E-state index is 12.9. The van der Waals surface area contributed by atoms with Gasteiger partial charge in [0.2, 0.25) is 11.8 Å². The molecule has 1 saturated heterocycles. The molecule has 1 N–H and O–H groups in total. The summed E-state index contributed by atoms with van der Waals surface area (Å²) in [6, 6.07) is 9.90. The van der Waals surface area contributed by atoms with Crippen molar-refractivity contribution in [3.63, 3.8) is 0 Å². The van der Waals surface area contributed by atoms with Crippen molar-refractivity contribution in [2.75, 3.05) is 19.7 Å². The third-order valence-corrected chi connectivity index (χ3v) is 5.63. The third kappa shape index (κ3) is 5.43. The van der Waals surface area contributed by atoms with Crippen molar-refractivity contribution in [3.8, 4) is 0 Å². The molecule has 0 aromatic heterocycles. The molecule has 2 heterocycles. The highest BCUT2D eigenvalue weighted by molar-refractivity contribution is 5.94. The van der Waals surface area contributed by atoms with E-state index in [1.54, 1.807) is 4.90 Å². The van der Waals surface area contributed by atoms with Crippen LogP contribution >= 0.6 is 0 Å². The van der Waals surface area contributed by atoms with Crippen molar-refractivity contribution in [1.82, 2.24) is 10.3 Å². The van der Waals surface area contributed by atoms with E-state index in [0.29, 0.717) is 58.2 Å². The molecule has 1 fully saturated rings. The van der Waals surface area contributed by atoms with E-state index in [1.165, 1.54) is 0 Å². The molecule has 2 aliphatic heterocycles. The van der Waals surface area contributed by atoms with Gasteiger partial charge in [-0.15, -0.1) is 0 Å². The number of carbonyl (C=O) groups excluding carboxylic acids is 3. The van der Waals surface area contributed by atoms with Crippen LogP contribution in [0.3, 0.4) is 0 Å². The van der Waals surface area contributed by atoms with Crippen LogP contribution in [0.4, 0.5) is 0 Å². The Kier molecular flexibility index (Phi) is 7.01. The third-order valence-electron chi connectivity index (χ3n) is 5.63. The summed E-state index contributed by atoms with van der Waals surface area (Å²) in [6.07, 6.45) is 3.92. The van der Waals surface area contributed by atoms with Gasteiger partial charge >= 0.3 is 5.97 Å². The minimum Gasteiger partial charge on any atom is -0.466 e. The number of hydrazone groups is 1. The van der Waals surface area contributed by atoms with Gasteiger partial charge in [0, 0.05) is 31.6 Å². The number of esters is 1. The number of ether oxygens (including phenoxy) is 1. The van der Waals surface area contributed by atoms with E-state index in [4.69, 9.17) is 4.74 Å². The average molecular weight is 399 g/mol. The molecule has 7 heteroatoms. The van der Waals surface area contributed by atoms with Crippen LogP contribution in [-0.4, -0.2) is 48.1 Å². The molecule has 1 unspecified atom stereocenters. The number of piperidine rings is 1. The van der Waals surface area contributed by atoms with Gasteiger partial charge in [-0.3, -0.25) is 14.4 Å². The molecule has 2 amide bonds. The second kappa shape index (κ2) is 9.67. The van der Waals surface area contributed by atoms with E-state index in [0.717, 1.165) is 17.7 Å². The summed E-state index contributed by atoms with van der Waals surface area (Å²) >= 11 is 0. The number of hydrogen-bond acceptors (Lipinski definition) is 5. The molecule has 2 aliphatic rings. The first-order valence-corrected chi connectivity index (χ1v) is 10.4. The van der Waals surface area contributed by atoms with Crippen LogP contribution < -0.4 is 5.43 Å². The predicted molar refractivity (Wildman–Crippen MR) is 109 cm³/mol. The summed E-state index contributed by atoms with van der Waals surface area (Å²) in [5.41, 5.74) is 3.68. The van der Waals surface area contributed by atoms with E-state index >= 15 is 0 Å². The summed E-state index contributed by atoms with van der Waals surface area (Å²) in [6.45, 7) is 3.17. The molecular weight excluding hydrogens is 370 g/mol. The lowest BCUT2D eigenvalue weighted by Crippen LogP contribution is -2.51. The van der Waals surface area contributed by atoms with Crippen LogP contribution in [0.15, 0.2) is 35.4 Å². The molecule has 0 bridgehead atoms. The van der Waals surface area contributed by atoms with Crippen LogP contribution in [0.5, 0.6) is 0 Å².